The Bertz CT molecular complexity index is 1690. The number of rotatable bonds is 9. The molecule has 13 heteroatoms. The summed E-state index contributed by atoms with van der Waals surface area (Å²) in [5.74, 6) is -0.818. The van der Waals surface area contributed by atoms with Crippen LogP contribution in [0.25, 0.3) is 6.08 Å². The number of aliphatic carboxylic acids is 1. The Morgan fingerprint density at radius 2 is 1.85 bits per heavy atom. The zero-order chi connectivity index (χ0) is 29.1. The molecule has 1 aromatic heterocycles. The van der Waals surface area contributed by atoms with Crippen molar-refractivity contribution in [1.82, 2.24) is 4.57 Å². The summed E-state index contributed by atoms with van der Waals surface area (Å²) in [5.41, 5.74) is 1.21. The lowest BCUT2D eigenvalue weighted by molar-refractivity contribution is -0.140. The molecule has 0 fully saturated rings. The van der Waals surface area contributed by atoms with Crippen molar-refractivity contribution in [1.29, 1.82) is 0 Å². The predicted octanol–water partition coefficient (Wildman–Crippen LogP) is 3.59. The molecule has 1 atom stereocenters. The Hall–Kier alpha value is -3.80. The molecule has 2 heterocycles. The molecule has 0 spiro atoms. The molecule has 0 saturated carbocycles. The highest BCUT2D eigenvalue weighted by atomic mass is 35.5. The van der Waals surface area contributed by atoms with Gasteiger partial charge in [-0.1, -0.05) is 34.5 Å². The molecule has 1 N–H and O–H groups in total. The maximum atomic E-state index is 13.9. The van der Waals surface area contributed by atoms with Gasteiger partial charge in [0.1, 0.15) is 17.5 Å². The summed E-state index contributed by atoms with van der Waals surface area (Å²) in [6, 6.07) is 7.22. The first-order valence-electron chi connectivity index (χ1n) is 11.8. The maximum Gasteiger partial charge on any atom is 0.341 e. The number of esters is 1. The number of ether oxygens (including phenoxy) is 4. The lowest BCUT2D eigenvalue weighted by Crippen LogP contribution is -2.40. The van der Waals surface area contributed by atoms with Gasteiger partial charge >= 0.3 is 11.9 Å². The predicted molar refractivity (Wildman–Crippen MR) is 150 cm³/mol. The van der Waals surface area contributed by atoms with Gasteiger partial charge in [-0.25, -0.2) is 14.6 Å². The number of halogens is 2. The number of carboxylic acids is 1. The van der Waals surface area contributed by atoms with E-state index in [2.05, 4.69) is 4.99 Å². The first-order chi connectivity index (χ1) is 19.1. The average molecular weight is 607 g/mol. The number of fused-ring (bicyclic) bond motifs is 1. The van der Waals surface area contributed by atoms with Gasteiger partial charge in [0, 0.05) is 11.6 Å². The fourth-order valence-corrected chi connectivity index (χ4v) is 5.88. The van der Waals surface area contributed by atoms with Crippen LogP contribution in [-0.2, 0) is 14.3 Å². The number of aromatic nitrogens is 1. The summed E-state index contributed by atoms with van der Waals surface area (Å²) in [4.78, 5) is 42.8. The van der Waals surface area contributed by atoms with E-state index in [1.807, 2.05) is 0 Å². The molecule has 10 nitrogen and oxygen atoms in total. The van der Waals surface area contributed by atoms with Crippen LogP contribution in [0, 0.1) is 0 Å². The number of benzene rings is 2. The molecule has 210 valence electrons. The van der Waals surface area contributed by atoms with E-state index in [-0.39, 0.29) is 28.0 Å². The molecule has 3 aromatic rings. The first kappa shape index (κ1) is 29.2. The van der Waals surface area contributed by atoms with Crippen molar-refractivity contribution in [3.8, 4) is 17.2 Å². The molecule has 0 amide bonds. The van der Waals surface area contributed by atoms with Crippen LogP contribution in [0.1, 0.15) is 31.0 Å². The second kappa shape index (κ2) is 12.2. The molecule has 1 aliphatic heterocycles. The van der Waals surface area contributed by atoms with E-state index < -0.39 is 30.1 Å². The Balaban J connectivity index is 1.91. The Kier molecular flexibility index (Phi) is 8.87. The highest BCUT2D eigenvalue weighted by Crippen LogP contribution is 2.38. The van der Waals surface area contributed by atoms with E-state index in [9.17, 15) is 14.4 Å². The number of carbonyl (C=O) groups is 2. The van der Waals surface area contributed by atoms with Gasteiger partial charge in [-0.3, -0.25) is 9.36 Å². The molecule has 2 aromatic carbocycles. The van der Waals surface area contributed by atoms with Crippen molar-refractivity contribution >= 4 is 52.6 Å². The van der Waals surface area contributed by atoms with Crippen molar-refractivity contribution in [2.45, 2.75) is 19.9 Å². The van der Waals surface area contributed by atoms with Crippen molar-refractivity contribution in [2.24, 2.45) is 4.99 Å². The third-order valence-corrected chi connectivity index (χ3v) is 7.46. The maximum absolute atomic E-state index is 13.9. The van der Waals surface area contributed by atoms with Gasteiger partial charge in [-0.05, 0) is 49.8 Å². The van der Waals surface area contributed by atoms with E-state index in [0.29, 0.717) is 37.7 Å². The summed E-state index contributed by atoms with van der Waals surface area (Å²) in [6.07, 6.45) is 1.58. The SMILES string of the molecule is CCOC(=O)C1=C(C)N=c2s/c(=C\c3cc(Cl)c(OCC(=O)O)c(Cl)c3)c(=O)n2[C@H]1c1ccc(OC)cc1OC. The second-order valence-electron chi connectivity index (χ2n) is 8.41. The zero-order valence-corrected chi connectivity index (χ0v) is 24.1. The molecular weight excluding hydrogens is 583 g/mol. The Morgan fingerprint density at radius 1 is 1.15 bits per heavy atom. The number of allylic oxidation sites excluding steroid dienone is 1. The standard InChI is InChI=1S/C27H24Cl2N2O8S/c1-5-38-26(35)22-13(2)30-27-31(23(22)16-7-6-15(36-3)11-19(16)37-4)25(34)20(40-27)10-14-8-17(28)24(18(29)9-14)39-12-21(32)33/h6-11,23H,5,12H2,1-4H3,(H,32,33)/b20-10-/t23-/m0/s1. The van der Waals surface area contributed by atoms with E-state index in [1.54, 1.807) is 38.1 Å². The van der Waals surface area contributed by atoms with Crippen molar-refractivity contribution < 1.29 is 33.6 Å². The van der Waals surface area contributed by atoms with E-state index in [0.717, 1.165) is 11.3 Å². The molecule has 0 bridgehead atoms. The highest BCUT2D eigenvalue weighted by molar-refractivity contribution is 7.07. The molecular formula is C27H24Cl2N2O8S. The smallest absolute Gasteiger partial charge is 0.341 e. The normalized spacial score (nSPS) is 14.8. The molecule has 0 aliphatic carbocycles. The third kappa shape index (κ3) is 5.72. The summed E-state index contributed by atoms with van der Waals surface area (Å²) in [5, 5.41) is 9.03. The minimum absolute atomic E-state index is 0.0191. The Morgan fingerprint density at radius 3 is 2.45 bits per heavy atom. The largest absolute Gasteiger partial charge is 0.497 e. The van der Waals surface area contributed by atoms with Gasteiger partial charge in [0.2, 0.25) is 0 Å². The lowest BCUT2D eigenvalue weighted by Gasteiger charge is -2.26. The number of thiazole rings is 1. The van der Waals surface area contributed by atoms with Crippen LogP contribution in [0.3, 0.4) is 0 Å². The summed E-state index contributed by atoms with van der Waals surface area (Å²) >= 11 is 13.7. The van der Waals surface area contributed by atoms with Crippen molar-refractivity contribution in [3.63, 3.8) is 0 Å². The second-order valence-corrected chi connectivity index (χ2v) is 10.2. The monoisotopic (exact) mass is 606 g/mol. The quantitative estimate of drug-likeness (QED) is 0.366. The summed E-state index contributed by atoms with van der Waals surface area (Å²) < 4.78 is 23.1. The number of carbonyl (C=O) groups excluding carboxylic acids is 1. The van der Waals surface area contributed by atoms with Gasteiger partial charge in [-0.2, -0.15) is 0 Å². The van der Waals surface area contributed by atoms with Gasteiger partial charge in [0.05, 0.1) is 46.7 Å². The molecule has 40 heavy (non-hydrogen) atoms. The van der Waals surface area contributed by atoms with Crippen LogP contribution in [0.15, 0.2) is 51.4 Å². The number of hydrogen-bond acceptors (Lipinski definition) is 9. The fraction of sp³-hybridized carbons (Fsp3) is 0.259. The molecule has 0 saturated heterocycles. The van der Waals surface area contributed by atoms with Crippen molar-refractivity contribution in [3.05, 3.63) is 82.5 Å². The van der Waals surface area contributed by atoms with Gasteiger partial charge in [0.15, 0.2) is 17.2 Å². The van der Waals surface area contributed by atoms with E-state index >= 15 is 0 Å². The highest BCUT2D eigenvalue weighted by Gasteiger charge is 2.35. The third-order valence-electron chi connectivity index (χ3n) is 5.91. The Labute approximate surface area is 242 Å². The molecule has 1 aliphatic rings. The fourth-order valence-electron chi connectivity index (χ4n) is 4.22. The first-order valence-corrected chi connectivity index (χ1v) is 13.4. The van der Waals surface area contributed by atoms with Crippen LogP contribution in [0.5, 0.6) is 17.2 Å². The van der Waals surface area contributed by atoms with Crippen molar-refractivity contribution in [2.75, 3.05) is 27.4 Å². The minimum atomic E-state index is -1.18. The van der Waals surface area contributed by atoms with E-state index in [4.69, 9.17) is 47.3 Å². The van der Waals surface area contributed by atoms with Gasteiger partial charge in [-0.15, -0.1) is 0 Å². The van der Waals surface area contributed by atoms with Crippen LogP contribution >= 0.6 is 34.5 Å². The molecule has 4 rings (SSSR count). The number of nitrogens with zero attached hydrogens (tertiary/aromatic N) is 2. The zero-order valence-electron chi connectivity index (χ0n) is 21.8. The average Bonchev–Trinajstić information content (AvgIpc) is 3.20. The van der Waals surface area contributed by atoms with Gasteiger partial charge < -0.3 is 24.1 Å². The number of hydrogen-bond donors (Lipinski definition) is 1. The molecule has 0 radical (unpaired) electrons. The van der Waals surface area contributed by atoms with Crippen LogP contribution < -0.4 is 29.1 Å². The number of methoxy groups -OCH3 is 2. The summed E-state index contributed by atoms with van der Waals surface area (Å²) in [6.45, 7) is 2.90. The van der Waals surface area contributed by atoms with Gasteiger partial charge in [0.25, 0.3) is 5.56 Å². The topological polar surface area (TPSA) is 126 Å². The van der Waals surface area contributed by atoms with Crippen LogP contribution in [-0.4, -0.2) is 49.0 Å². The minimum Gasteiger partial charge on any atom is -0.497 e. The number of carboxylic acid groups (broad SMARTS) is 1. The van der Waals surface area contributed by atoms with E-state index in [1.165, 1.54) is 30.9 Å². The summed E-state index contributed by atoms with van der Waals surface area (Å²) in [7, 11) is 3.01. The van der Waals surface area contributed by atoms with Crippen LogP contribution in [0.4, 0.5) is 0 Å². The van der Waals surface area contributed by atoms with Crippen LogP contribution in [0.2, 0.25) is 10.0 Å². The molecule has 0 unspecified atom stereocenters. The lowest BCUT2D eigenvalue weighted by atomic mass is 9.95.